The number of hydrogen-bond acceptors (Lipinski definition) is 7. The number of morpholine rings is 1. The van der Waals surface area contributed by atoms with E-state index >= 15 is 0 Å². The number of amides is 4. The average molecular weight is 522 g/mol. The molecule has 38 heavy (non-hydrogen) atoms. The fourth-order valence-electron chi connectivity index (χ4n) is 5.09. The van der Waals surface area contributed by atoms with Crippen LogP contribution in [0.25, 0.3) is 0 Å². The first-order valence-corrected chi connectivity index (χ1v) is 13.3. The van der Waals surface area contributed by atoms with Gasteiger partial charge >= 0.3 is 6.03 Å². The van der Waals surface area contributed by atoms with Crippen molar-refractivity contribution in [1.82, 2.24) is 25.0 Å². The molecule has 11 nitrogen and oxygen atoms in total. The van der Waals surface area contributed by atoms with E-state index in [-0.39, 0.29) is 17.8 Å². The summed E-state index contributed by atoms with van der Waals surface area (Å²) in [6.45, 7) is 7.81. The molecule has 4 heterocycles. The Morgan fingerprint density at radius 3 is 2.39 bits per heavy atom. The second kappa shape index (κ2) is 12.2. The maximum Gasteiger partial charge on any atom is 0.320 e. The Morgan fingerprint density at radius 1 is 0.842 bits per heavy atom. The van der Waals surface area contributed by atoms with E-state index in [1.54, 1.807) is 24.4 Å². The Labute approximate surface area is 222 Å². The Hall–Kier alpha value is -3.70. The van der Waals surface area contributed by atoms with Crippen molar-refractivity contribution in [2.45, 2.75) is 6.42 Å². The molecule has 3 fully saturated rings. The van der Waals surface area contributed by atoms with Crippen LogP contribution in [0.1, 0.15) is 27.1 Å². The first-order valence-electron chi connectivity index (χ1n) is 13.3. The van der Waals surface area contributed by atoms with E-state index in [0.717, 1.165) is 31.7 Å². The Morgan fingerprint density at radius 2 is 1.63 bits per heavy atom. The summed E-state index contributed by atoms with van der Waals surface area (Å²) in [5.74, 6) is -0.335. The summed E-state index contributed by atoms with van der Waals surface area (Å²) in [4.78, 5) is 51.2. The summed E-state index contributed by atoms with van der Waals surface area (Å²) in [5, 5.41) is 6.29. The standard InChI is InChI=1S/C27H35N7O4/c35-25(22-3-1-6-29-20-22)30-23-19-21(26(36)32-11-7-28-8-12-32)4-5-24(23)31-9-2-10-33(14-13-31)27(37)34-15-17-38-18-16-34/h1,3-6,19-20,28H,2,7-18H2,(H,30,35). The fourth-order valence-corrected chi connectivity index (χ4v) is 5.09. The monoisotopic (exact) mass is 521 g/mol. The smallest absolute Gasteiger partial charge is 0.320 e. The lowest BCUT2D eigenvalue weighted by Crippen LogP contribution is -2.49. The minimum absolute atomic E-state index is 0.0481. The summed E-state index contributed by atoms with van der Waals surface area (Å²) >= 11 is 0. The molecule has 3 aliphatic heterocycles. The van der Waals surface area contributed by atoms with Crippen molar-refractivity contribution in [3.8, 4) is 0 Å². The quantitative estimate of drug-likeness (QED) is 0.625. The Kier molecular flexibility index (Phi) is 8.34. The lowest BCUT2D eigenvalue weighted by atomic mass is 10.1. The molecule has 2 N–H and O–H groups in total. The zero-order valence-corrected chi connectivity index (χ0v) is 21.6. The predicted octanol–water partition coefficient (Wildman–Crippen LogP) is 1.34. The summed E-state index contributed by atoms with van der Waals surface area (Å²) < 4.78 is 5.39. The van der Waals surface area contributed by atoms with Gasteiger partial charge in [-0.1, -0.05) is 0 Å². The van der Waals surface area contributed by atoms with Gasteiger partial charge in [-0.15, -0.1) is 0 Å². The van der Waals surface area contributed by atoms with Crippen LogP contribution in [0.5, 0.6) is 0 Å². The minimum Gasteiger partial charge on any atom is -0.378 e. The molecule has 0 aliphatic carbocycles. The van der Waals surface area contributed by atoms with Crippen LogP contribution in [0.3, 0.4) is 0 Å². The molecule has 4 amide bonds. The van der Waals surface area contributed by atoms with Crippen molar-refractivity contribution in [2.75, 3.05) is 88.9 Å². The highest BCUT2D eigenvalue weighted by atomic mass is 16.5. The van der Waals surface area contributed by atoms with Crippen LogP contribution in [0.15, 0.2) is 42.7 Å². The lowest BCUT2D eigenvalue weighted by molar-refractivity contribution is 0.0438. The van der Waals surface area contributed by atoms with Crippen molar-refractivity contribution in [1.29, 1.82) is 0 Å². The van der Waals surface area contributed by atoms with Crippen LogP contribution < -0.4 is 15.5 Å². The highest BCUT2D eigenvalue weighted by Crippen LogP contribution is 2.30. The number of hydrogen-bond donors (Lipinski definition) is 2. The number of urea groups is 1. The Balaban J connectivity index is 1.36. The zero-order valence-electron chi connectivity index (χ0n) is 21.6. The normalized spacial score (nSPS) is 18.6. The molecule has 2 aromatic rings. The lowest BCUT2D eigenvalue weighted by Gasteiger charge is -2.32. The maximum absolute atomic E-state index is 13.2. The second-order valence-corrected chi connectivity index (χ2v) is 9.68. The van der Waals surface area contributed by atoms with Gasteiger partial charge in [0.15, 0.2) is 0 Å². The zero-order chi connectivity index (χ0) is 26.3. The third-order valence-corrected chi connectivity index (χ3v) is 7.21. The number of benzene rings is 1. The van der Waals surface area contributed by atoms with Gasteiger partial charge in [0, 0.05) is 83.4 Å². The molecule has 0 unspecified atom stereocenters. The number of carbonyl (C=O) groups is 3. The van der Waals surface area contributed by atoms with Gasteiger partial charge < -0.3 is 35.0 Å². The van der Waals surface area contributed by atoms with Crippen molar-refractivity contribution in [3.63, 3.8) is 0 Å². The number of anilines is 2. The molecule has 1 aromatic carbocycles. The molecule has 0 radical (unpaired) electrons. The number of carbonyl (C=O) groups excluding carboxylic acids is 3. The van der Waals surface area contributed by atoms with Gasteiger partial charge in [0.2, 0.25) is 0 Å². The number of nitrogens with one attached hydrogen (secondary N) is 2. The fraction of sp³-hybridized carbons (Fsp3) is 0.481. The summed E-state index contributed by atoms with van der Waals surface area (Å²) in [5.41, 5.74) is 2.39. The largest absolute Gasteiger partial charge is 0.378 e. The van der Waals surface area contributed by atoms with E-state index in [2.05, 4.69) is 20.5 Å². The number of nitrogens with zero attached hydrogens (tertiary/aromatic N) is 5. The summed E-state index contributed by atoms with van der Waals surface area (Å²) in [6, 6.07) is 9.00. The minimum atomic E-state index is -0.287. The van der Waals surface area contributed by atoms with Crippen LogP contribution in [-0.4, -0.2) is 116 Å². The Bertz CT molecular complexity index is 1130. The van der Waals surface area contributed by atoms with E-state index in [4.69, 9.17) is 4.74 Å². The molecule has 3 aliphatic rings. The number of ether oxygens (including phenoxy) is 1. The number of aromatic nitrogens is 1. The molecule has 11 heteroatoms. The highest BCUT2D eigenvalue weighted by molar-refractivity contribution is 6.07. The van der Waals surface area contributed by atoms with Crippen LogP contribution in [0, 0.1) is 0 Å². The van der Waals surface area contributed by atoms with Crippen molar-refractivity contribution in [3.05, 3.63) is 53.9 Å². The van der Waals surface area contributed by atoms with Crippen LogP contribution in [0.2, 0.25) is 0 Å². The van der Waals surface area contributed by atoms with Crippen molar-refractivity contribution < 1.29 is 19.1 Å². The molecule has 5 rings (SSSR count). The van der Waals surface area contributed by atoms with Crippen molar-refractivity contribution in [2.24, 2.45) is 0 Å². The van der Waals surface area contributed by atoms with Gasteiger partial charge in [0.25, 0.3) is 11.8 Å². The first kappa shape index (κ1) is 25.9. The third kappa shape index (κ3) is 6.05. The third-order valence-electron chi connectivity index (χ3n) is 7.21. The molecule has 0 spiro atoms. The SMILES string of the molecule is O=C(Nc1cc(C(=O)N2CCNCC2)ccc1N1CCCN(C(=O)N2CCOCC2)CC1)c1cccnc1. The van der Waals surface area contributed by atoms with Crippen LogP contribution >= 0.6 is 0 Å². The molecule has 202 valence electrons. The second-order valence-electron chi connectivity index (χ2n) is 9.68. The molecule has 0 atom stereocenters. The van der Waals surface area contributed by atoms with Crippen LogP contribution in [0.4, 0.5) is 16.2 Å². The molecule has 3 saturated heterocycles. The molecule has 0 bridgehead atoms. The molecular weight excluding hydrogens is 486 g/mol. The van der Waals surface area contributed by atoms with E-state index in [9.17, 15) is 14.4 Å². The van der Waals surface area contributed by atoms with Gasteiger partial charge in [0.1, 0.15) is 0 Å². The average Bonchev–Trinajstić information content (AvgIpc) is 3.24. The molecule has 1 aromatic heterocycles. The van der Waals surface area contributed by atoms with Gasteiger partial charge in [-0.25, -0.2) is 4.79 Å². The number of pyridine rings is 1. The van der Waals surface area contributed by atoms with Gasteiger partial charge in [0.05, 0.1) is 30.2 Å². The van der Waals surface area contributed by atoms with E-state index < -0.39 is 0 Å². The molecule has 0 saturated carbocycles. The van der Waals surface area contributed by atoms with Crippen molar-refractivity contribution >= 4 is 29.2 Å². The summed E-state index contributed by atoms with van der Waals surface area (Å²) in [6.07, 6.45) is 3.94. The van der Waals surface area contributed by atoms with Gasteiger partial charge in [-0.05, 0) is 36.8 Å². The van der Waals surface area contributed by atoms with Gasteiger partial charge in [-0.2, -0.15) is 0 Å². The predicted molar refractivity (Wildman–Crippen MR) is 144 cm³/mol. The van der Waals surface area contributed by atoms with E-state index in [0.29, 0.717) is 75.8 Å². The van der Waals surface area contributed by atoms with Gasteiger partial charge in [-0.3, -0.25) is 14.6 Å². The van der Waals surface area contributed by atoms with E-state index in [1.807, 2.05) is 26.8 Å². The first-order chi connectivity index (χ1) is 18.6. The highest BCUT2D eigenvalue weighted by Gasteiger charge is 2.27. The topological polar surface area (TPSA) is 110 Å². The number of rotatable bonds is 4. The van der Waals surface area contributed by atoms with E-state index in [1.165, 1.54) is 6.20 Å². The maximum atomic E-state index is 13.2. The number of piperazine rings is 1. The molecular formula is C27H35N7O4. The van der Waals surface area contributed by atoms with Crippen LogP contribution in [-0.2, 0) is 4.74 Å². The summed E-state index contributed by atoms with van der Waals surface area (Å²) in [7, 11) is 0.